The van der Waals surface area contributed by atoms with Crippen molar-refractivity contribution in [3.8, 4) is 5.75 Å². The Kier molecular flexibility index (Phi) is 8.32. The van der Waals surface area contributed by atoms with E-state index in [0.29, 0.717) is 18.0 Å². The molecular weight excluding hydrogens is 312 g/mol. The van der Waals surface area contributed by atoms with Crippen LogP contribution in [0.25, 0.3) is 0 Å². The van der Waals surface area contributed by atoms with E-state index in [1.165, 1.54) is 0 Å². The maximum atomic E-state index is 11.9. The van der Waals surface area contributed by atoms with Crippen molar-refractivity contribution < 1.29 is 24.2 Å². The number of ketones is 1. The molecule has 0 fully saturated rings. The Bertz CT molecular complexity index is 557. The zero-order valence-corrected chi connectivity index (χ0v) is 14.0. The van der Waals surface area contributed by atoms with Crippen LogP contribution in [0.1, 0.15) is 39.5 Å². The van der Waals surface area contributed by atoms with Crippen molar-refractivity contribution in [2.45, 2.75) is 45.6 Å². The number of carboxylic acid groups (broad SMARTS) is 1. The molecule has 0 saturated heterocycles. The molecule has 1 atom stereocenters. The van der Waals surface area contributed by atoms with E-state index >= 15 is 0 Å². The molecule has 0 saturated carbocycles. The minimum Gasteiger partial charge on any atom is -0.494 e. The molecule has 0 aliphatic carbocycles. The third kappa shape index (κ3) is 7.13. The van der Waals surface area contributed by atoms with Crippen molar-refractivity contribution in [1.82, 2.24) is 5.32 Å². The number of ether oxygens (including phenoxy) is 1. The molecule has 0 radical (unpaired) electrons. The molecule has 0 bridgehead atoms. The van der Waals surface area contributed by atoms with E-state index < -0.39 is 18.0 Å². The molecule has 7 nitrogen and oxygen atoms in total. The van der Waals surface area contributed by atoms with Gasteiger partial charge in [0.1, 0.15) is 17.6 Å². The summed E-state index contributed by atoms with van der Waals surface area (Å²) in [6.07, 6.45) is 2.01. The van der Waals surface area contributed by atoms with E-state index in [1.807, 2.05) is 0 Å². The van der Waals surface area contributed by atoms with Gasteiger partial charge in [0.05, 0.1) is 6.61 Å². The molecule has 1 aromatic rings. The number of amides is 2. The van der Waals surface area contributed by atoms with Gasteiger partial charge in [-0.3, -0.25) is 4.79 Å². The van der Waals surface area contributed by atoms with Crippen LogP contribution in [0.5, 0.6) is 5.75 Å². The number of carbonyl (C=O) groups is 3. The largest absolute Gasteiger partial charge is 0.494 e. The first-order valence-electron chi connectivity index (χ1n) is 8.01. The fraction of sp³-hybridized carbons (Fsp3) is 0.471. The van der Waals surface area contributed by atoms with Crippen LogP contribution in [0.3, 0.4) is 0 Å². The number of carboxylic acids is 1. The van der Waals surface area contributed by atoms with Crippen LogP contribution in [0.15, 0.2) is 24.3 Å². The average Bonchev–Trinajstić information content (AvgIpc) is 2.55. The lowest BCUT2D eigenvalue weighted by molar-refractivity contribution is -0.140. The number of carbonyl (C=O) groups excluding carboxylic acids is 2. The molecule has 0 aliphatic heterocycles. The molecule has 1 aromatic carbocycles. The molecule has 0 aromatic heterocycles. The van der Waals surface area contributed by atoms with Crippen LogP contribution in [0.4, 0.5) is 10.5 Å². The van der Waals surface area contributed by atoms with Crippen molar-refractivity contribution >= 4 is 23.5 Å². The van der Waals surface area contributed by atoms with Gasteiger partial charge in [-0.2, -0.15) is 0 Å². The second kappa shape index (κ2) is 10.3. The summed E-state index contributed by atoms with van der Waals surface area (Å²) in [6.45, 7) is 4.36. The minimum absolute atomic E-state index is 0.226. The Morgan fingerprint density at radius 1 is 1.17 bits per heavy atom. The lowest BCUT2D eigenvalue weighted by Gasteiger charge is -2.14. The van der Waals surface area contributed by atoms with Crippen molar-refractivity contribution in [2.24, 2.45) is 0 Å². The number of unbranched alkanes of at least 4 members (excludes halogenated alkanes) is 1. The first kappa shape index (κ1) is 19.5. The Morgan fingerprint density at radius 3 is 2.38 bits per heavy atom. The molecule has 24 heavy (non-hydrogen) atoms. The van der Waals surface area contributed by atoms with E-state index in [4.69, 9.17) is 9.84 Å². The highest BCUT2D eigenvalue weighted by Gasteiger charge is 2.22. The van der Waals surface area contributed by atoms with Gasteiger partial charge in [0.2, 0.25) is 0 Å². The summed E-state index contributed by atoms with van der Waals surface area (Å²) in [5, 5.41) is 13.9. The van der Waals surface area contributed by atoms with Crippen molar-refractivity contribution in [3.05, 3.63) is 24.3 Å². The summed E-state index contributed by atoms with van der Waals surface area (Å²) in [7, 11) is 0. The number of aliphatic carboxylic acids is 1. The van der Waals surface area contributed by atoms with Gasteiger partial charge >= 0.3 is 12.0 Å². The number of anilines is 1. The highest BCUT2D eigenvalue weighted by molar-refractivity contribution is 5.94. The number of hydrogen-bond acceptors (Lipinski definition) is 4. The number of rotatable bonds is 10. The highest BCUT2D eigenvalue weighted by atomic mass is 16.5. The first-order chi connectivity index (χ1) is 11.5. The van der Waals surface area contributed by atoms with Crippen molar-refractivity contribution in [2.75, 3.05) is 11.9 Å². The molecule has 7 heteroatoms. The van der Waals surface area contributed by atoms with E-state index in [2.05, 4.69) is 17.6 Å². The summed E-state index contributed by atoms with van der Waals surface area (Å²) < 4.78 is 5.51. The van der Waals surface area contributed by atoms with Gasteiger partial charge in [-0.25, -0.2) is 9.59 Å². The summed E-state index contributed by atoms with van der Waals surface area (Å²) >= 11 is 0. The average molecular weight is 336 g/mol. The minimum atomic E-state index is -1.24. The van der Waals surface area contributed by atoms with Gasteiger partial charge in [-0.15, -0.1) is 0 Å². The Hall–Kier alpha value is -2.57. The van der Waals surface area contributed by atoms with Gasteiger partial charge in [-0.1, -0.05) is 20.3 Å². The number of urea groups is 1. The zero-order chi connectivity index (χ0) is 17.9. The summed E-state index contributed by atoms with van der Waals surface area (Å²) in [5.74, 6) is -0.769. The normalized spacial score (nSPS) is 11.4. The predicted octanol–water partition coefficient (Wildman–Crippen LogP) is 2.81. The highest BCUT2D eigenvalue weighted by Crippen LogP contribution is 2.16. The second-order valence-corrected chi connectivity index (χ2v) is 5.31. The molecule has 3 N–H and O–H groups in total. The van der Waals surface area contributed by atoms with Crippen LogP contribution >= 0.6 is 0 Å². The van der Waals surface area contributed by atoms with E-state index in [1.54, 1.807) is 31.2 Å². The Morgan fingerprint density at radius 2 is 1.83 bits per heavy atom. The lowest BCUT2D eigenvalue weighted by Crippen LogP contribution is -2.44. The number of Topliss-reactive ketones (excluding diaryl/α,β-unsaturated/α-hetero) is 1. The first-order valence-corrected chi connectivity index (χ1v) is 8.01. The molecular formula is C17H24N2O5. The Balaban J connectivity index is 2.53. The predicted molar refractivity (Wildman–Crippen MR) is 90.3 cm³/mol. The molecule has 1 unspecified atom stereocenters. The number of nitrogens with one attached hydrogen (secondary N) is 2. The quantitative estimate of drug-likeness (QED) is 0.570. The lowest BCUT2D eigenvalue weighted by atomic mass is 10.1. The summed E-state index contributed by atoms with van der Waals surface area (Å²) in [4.78, 5) is 34.3. The topological polar surface area (TPSA) is 105 Å². The standard InChI is InChI=1S/C17H24N2O5/c1-3-5-10-24-14-8-6-12(7-9-14)18-17(23)19-15(16(21)22)11-13(20)4-2/h6-9,15H,3-5,10-11H2,1-2H3,(H,21,22)(H2,18,19,23). The van der Waals surface area contributed by atoms with Gasteiger partial charge in [0.25, 0.3) is 0 Å². The van der Waals surface area contributed by atoms with E-state index in [9.17, 15) is 14.4 Å². The van der Waals surface area contributed by atoms with Crippen LogP contribution < -0.4 is 15.4 Å². The fourth-order valence-electron chi connectivity index (χ4n) is 1.87. The maximum absolute atomic E-state index is 11.9. The third-order valence-corrected chi connectivity index (χ3v) is 3.31. The van der Waals surface area contributed by atoms with Gasteiger partial charge in [0.15, 0.2) is 0 Å². The molecule has 2 amide bonds. The van der Waals surface area contributed by atoms with Gasteiger partial charge in [-0.05, 0) is 30.7 Å². The molecule has 0 heterocycles. The Labute approximate surface area is 141 Å². The van der Waals surface area contributed by atoms with Gasteiger partial charge in [0, 0.05) is 18.5 Å². The van der Waals surface area contributed by atoms with Crippen LogP contribution in [0, 0.1) is 0 Å². The fourth-order valence-corrected chi connectivity index (χ4v) is 1.87. The van der Waals surface area contributed by atoms with Crippen molar-refractivity contribution in [3.63, 3.8) is 0 Å². The van der Waals surface area contributed by atoms with Crippen LogP contribution in [0.2, 0.25) is 0 Å². The molecule has 132 valence electrons. The molecule has 1 rings (SSSR count). The van der Waals surface area contributed by atoms with Gasteiger partial charge < -0.3 is 20.5 Å². The second-order valence-electron chi connectivity index (χ2n) is 5.31. The van der Waals surface area contributed by atoms with Crippen LogP contribution in [-0.2, 0) is 9.59 Å². The molecule has 0 spiro atoms. The summed E-state index contributed by atoms with van der Waals surface area (Å²) in [5.41, 5.74) is 0.501. The summed E-state index contributed by atoms with van der Waals surface area (Å²) in [6, 6.07) is 4.85. The number of benzene rings is 1. The van der Waals surface area contributed by atoms with Crippen LogP contribution in [-0.4, -0.2) is 35.5 Å². The third-order valence-electron chi connectivity index (χ3n) is 3.31. The monoisotopic (exact) mass is 336 g/mol. The van der Waals surface area contributed by atoms with Crippen molar-refractivity contribution in [1.29, 1.82) is 0 Å². The number of hydrogen-bond donors (Lipinski definition) is 3. The van der Waals surface area contributed by atoms with E-state index in [0.717, 1.165) is 12.8 Å². The molecule has 0 aliphatic rings. The maximum Gasteiger partial charge on any atom is 0.326 e. The zero-order valence-electron chi connectivity index (χ0n) is 14.0. The SMILES string of the molecule is CCCCOc1ccc(NC(=O)NC(CC(=O)CC)C(=O)O)cc1. The smallest absolute Gasteiger partial charge is 0.326 e. The van der Waals surface area contributed by atoms with E-state index in [-0.39, 0.29) is 18.6 Å².